The van der Waals surface area contributed by atoms with E-state index in [1.165, 1.54) is 0 Å². The number of likely N-dealkylation sites (tertiary alicyclic amines) is 1. The number of ether oxygens (including phenoxy) is 2. The summed E-state index contributed by atoms with van der Waals surface area (Å²) in [6, 6.07) is 7.54. The Morgan fingerprint density at radius 1 is 1.22 bits per heavy atom. The first-order chi connectivity index (χ1) is 13.2. The van der Waals surface area contributed by atoms with Crippen LogP contribution < -0.4 is 10.1 Å². The van der Waals surface area contributed by atoms with Crippen molar-refractivity contribution in [2.45, 2.75) is 45.1 Å². The second-order valence-corrected chi connectivity index (χ2v) is 7.27. The molecule has 0 aromatic heterocycles. The van der Waals surface area contributed by atoms with Crippen LogP contribution in [0.25, 0.3) is 0 Å². The van der Waals surface area contributed by atoms with E-state index in [2.05, 4.69) is 5.32 Å². The molecule has 148 valence electrons. The van der Waals surface area contributed by atoms with Gasteiger partial charge < -0.3 is 19.7 Å². The van der Waals surface area contributed by atoms with Crippen LogP contribution in [0, 0.1) is 5.92 Å². The lowest BCUT2D eigenvalue weighted by Crippen LogP contribution is -2.36. The molecule has 2 aliphatic rings. The average Bonchev–Trinajstić information content (AvgIpc) is 3.26. The molecular weight excluding hydrogens is 344 g/mol. The molecule has 2 aliphatic heterocycles. The van der Waals surface area contributed by atoms with Crippen molar-refractivity contribution in [3.05, 3.63) is 29.8 Å². The van der Waals surface area contributed by atoms with Gasteiger partial charge >= 0.3 is 0 Å². The number of hydrogen-bond acceptors (Lipinski definition) is 4. The molecule has 1 N–H and O–H groups in total. The van der Waals surface area contributed by atoms with Gasteiger partial charge in [0.1, 0.15) is 5.75 Å². The molecule has 1 atom stereocenters. The van der Waals surface area contributed by atoms with Gasteiger partial charge in [0.05, 0.1) is 6.04 Å². The van der Waals surface area contributed by atoms with Crippen LogP contribution in [0.15, 0.2) is 24.3 Å². The highest BCUT2D eigenvalue weighted by Crippen LogP contribution is 2.28. The first-order valence-corrected chi connectivity index (χ1v) is 10.1. The lowest BCUT2D eigenvalue weighted by molar-refractivity contribution is -0.132. The predicted octanol–water partition coefficient (Wildman–Crippen LogP) is 2.68. The van der Waals surface area contributed by atoms with E-state index >= 15 is 0 Å². The van der Waals surface area contributed by atoms with E-state index in [4.69, 9.17) is 9.47 Å². The number of carbonyl (C=O) groups excluding carboxylic acids is 2. The molecule has 1 aromatic carbocycles. The van der Waals surface area contributed by atoms with Crippen LogP contribution in [0.4, 0.5) is 0 Å². The summed E-state index contributed by atoms with van der Waals surface area (Å²) < 4.78 is 11.2. The van der Waals surface area contributed by atoms with Crippen molar-refractivity contribution >= 4 is 11.8 Å². The number of nitrogens with one attached hydrogen (secondary N) is 1. The normalized spacial score (nSPS) is 18.9. The fourth-order valence-corrected chi connectivity index (χ4v) is 3.75. The van der Waals surface area contributed by atoms with Crippen molar-refractivity contribution in [1.82, 2.24) is 10.2 Å². The summed E-state index contributed by atoms with van der Waals surface area (Å²) in [5, 5.41) is 3.17. The molecule has 2 amide bonds. The number of benzene rings is 1. The highest BCUT2D eigenvalue weighted by molar-refractivity contribution is 5.79. The second kappa shape index (κ2) is 9.74. The quantitative estimate of drug-likeness (QED) is 0.797. The lowest BCUT2D eigenvalue weighted by Gasteiger charge is -2.26. The van der Waals surface area contributed by atoms with E-state index in [1.54, 1.807) is 0 Å². The summed E-state index contributed by atoms with van der Waals surface area (Å²) in [6.45, 7) is 5.02. The molecule has 1 aromatic rings. The van der Waals surface area contributed by atoms with Gasteiger partial charge in [-0.05, 0) is 38.2 Å². The maximum Gasteiger partial charge on any atom is 0.260 e. The van der Waals surface area contributed by atoms with E-state index in [9.17, 15) is 9.59 Å². The molecule has 6 nitrogen and oxygen atoms in total. The largest absolute Gasteiger partial charge is 0.483 e. The van der Waals surface area contributed by atoms with Crippen molar-refractivity contribution in [2.24, 2.45) is 5.92 Å². The molecular formula is C21H30N2O4. The minimum absolute atomic E-state index is 0.0117. The predicted molar refractivity (Wildman–Crippen MR) is 102 cm³/mol. The summed E-state index contributed by atoms with van der Waals surface area (Å²) in [4.78, 5) is 26.8. The van der Waals surface area contributed by atoms with Gasteiger partial charge in [-0.15, -0.1) is 0 Å². The average molecular weight is 374 g/mol. The van der Waals surface area contributed by atoms with Crippen LogP contribution in [-0.4, -0.2) is 49.6 Å². The first kappa shape index (κ1) is 19.7. The molecule has 1 unspecified atom stereocenters. The van der Waals surface area contributed by atoms with Crippen molar-refractivity contribution in [2.75, 3.05) is 32.9 Å². The first-order valence-electron chi connectivity index (χ1n) is 10.1. The van der Waals surface area contributed by atoms with Gasteiger partial charge in [-0.2, -0.15) is 0 Å². The maximum atomic E-state index is 12.6. The number of hydrogen-bond donors (Lipinski definition) is 1. The highest BCUT2D eigenvalue weighted by Gasteiger charge is 2.25. The summed E-state index contributed by atoms with van der Waals surface area (Å²) in [5.74, 6) is 0.788. The van der Waals surface area contributed by atoms with Gasteiger partial charge in [0.2, 0.25) is 5.91 Å². The third kappa shape index (κ3) is 5.22. The smallest absolute Gasteiger partial charge is 0.260 e. The summed E-state index contributed by atoms with van der Waals surface area (Å²) >= 11 is 0. The number of carbonyl (C=O) groups is 2. The monoisotopic (exact) mass is 374 g/mol. The SMILES string of the molecule is CCC(NC(=O)C1CCOCC1)c1ccccc1OCC(=O)N1CCCC1. The summed E-state index contributed by atoms with van der Waals surface area (Å²) in [6.07, 6.45) is 4.43. The fraction of sp³-hybridized carbons (Fsp3) is 0.619. The third-order valence-electron chi connectivity index (χ3n) is 5.42. The maximum absolute atomic E-state index is 12.6. The van der Waals surface area contributed by atoms with Crippen molar-refractivity contribution in [1.29, 1.82) is 0 Å². The zero-order valence-corrected chi connectivity index (χ0v) is 16.1. The van der Waals surface area contributed by atoms with Crippen LogP contribution in [0.3, 0.4) is 0 Å². The summed E-state index contributed by atoms with van der Waals surface area (Å²) in [5.41, 5.74) is 0.926. The number of para-hydroxylation sites is 1. The molecule has 0 radical (unpaired) electrons. The molecule has 0 spiro atoms. The molecule has 2 saturated heterocycles. The Kier molecular flexibility index (Phi) is 7.10. The minimum atomic E-state index is -0.126. The van der Waals surface area contributed by atoms with E-state index < -0.39 is 0 Å². The van der Waals surface area contributed by atoms with E-state index in [0.29, 0.717) is 19.0 Å². The Morgan fingerprint density at radius 2 is 1.93 bits per heavy atom. The van der Waals surface area contributed by atoms with Crippen molar-refractivity contribution in [3.63, 3.8) is 0 Å². The van der Waals surface area contributed by atoms with E-state index in [-0.39, 0.29) is 30.4 Å². The van der Waals surface area contributed by atoms with Crippen LogP contribution in [0.1, 0.15) is 50.6 Å². The van der Waals surface area contributed by atoms with Crippen LogP contribution in [0.2, 0.25) is 0 Å². The number of rotatable bonds is 7. The Labute approximate surface area is 161 Å². The Bertz CT molecular complexity index is 637. The van der Waals surface area contributed by atoms with Gasteiger partial charge in [-0.25, -0.2) is 0 Å². The molecule has 0 saturated carbocycles. The second-order valence-electron chi connectivity index (χ2n) is 7.27. The van der Waals surface area contributed by atoms with Gasteiger partial charge in [-0.1, -0.05) is 25.1 Å². The Morgan fingerprint density at radius 3 is 2.63 bits per heavy atom. The van der Waals surface area contributed by atoms with Crippen LogP contribution in [0.5, 0.6) is 5.75 Å². The molecule has 6 heteroatoms. The zero-order valence-electron chi connectivity index (χ0n) is 16.1. The highest BCUT2D eigenvalue weighted by atomic mass is 16.5. The zero-order chi connectivity index (χ0) is 19.1. The molecule has 0 aliphatic carbocycles. The molecule has 2 heterocycles. The van der Waals surface area contributed by atoms with Crippen molar-refractivity contribution < 1.29 is 19.1 Å². The van der Waals surface area contributed by atoms with Gasteiger partial charge in [0.15, 0.2) is 6.61 Å². The third-order valence-corrected chi connectivity index (χ3v) is 5.42. The number of amides is 2. The number of nitrogens with zero attached hydrogens (tertiary/aromatic N) is 1. The molecule has 27 heavy (non-hydrogen) atoms. The van der Waals surface area contributed by atoms with Crippen LogP contribution in [-0.2, 0) is 14.3 Å². The Hall–Kier alpha value is -2.08. The van der Waals surface area contributed by atoms with Gasteiger partial charge in [0, 0.05) is 37.8 Å². The van der Waals surface area contributed by atoms with Crippen LogP contribution >= 0.6 is 0 Å². The molecule has 0 bridgehead atoms. The minimum Gasteiger partial charge on any atom is -0.483 e. The standard InChI is InChI=1S/C21H30N2O4/c1-2-18(22-21(25)16-9-13-26-14-10-16)17-7-3-4-8-19(17)27-15-20(24)23-11-5-6-12-23/h3-4,7-8,16,18H,2,5-6,9-15H2,1H3,(H,22,25). The van der Waals surface area contributed by atoms with E-state index in [1.807, 2.05) is 36.1 Å². The lowest BCUT2D eigenvalue weighted by atomic mass is 9.97. The molecule has 2 fully saturated rings. The van der Waals surface area contributed by atoms with Gasteiger partial charge in [-0.3, -0.25) is 9.59 Å². The topological polar surface area (TPSA) is 67.9 Å². The molecule has 3 rings (SSSR count). The Balaban J connectivity index is 1.63. The van der Waals surface area contributed by atoms with Crippen molar-refractivity contribution in [3.8, 4) is 5.75 Å². The summed E-state index contributed by atoms with van der Waals surface area (Å²) in [7, 11) is 0. The van der Waals surface area contributed by atoms with Gasteiger partial charge in [0.25, 0.3) is 5.91 Å². The van der Waals surface area contributed by atoms with E-state index in [0.717, 1.165) is 50.8 Å². The fourth-order valence-electron chi connectivity index (χ4n) is 3.75.